The van der Waals surface area contributed by atoms with E-state index in [1.54, 1.807) is 0 Å². The Hall–Kier alpha value is -0.760. The molecule has 0 aromatic carbocycles. The normalized spacial score (nSPS) is 45.8. The van der Waals surface area contributed by atoms with Gasteiger partial charge in [-0.1, -0.05) is 39.0 Å². The van der Waals surface area contributed by atoms with Crippen LogP contribution in [0.5, 0.6) is 0 Å². The molecular formula is C12H20N2. The van der Waals surface area contributed by atoms with E-state index in [2.05, 4.69) is 32.3 Å². The molecule has 2 heteroatoms. The zero-order valence-electron chi connectivity index (χ0n) is 9.19. The molecule has 0 aromatic heterocycles. The largest absolute Gasteiger partial charge is 0.380 e. The fraction of sp³-hybridized carbons (Fsp3) is 0.667. The maximum absolute atomic E-state index is 6.49. The topological polar surface area (TPSA) is 38.0 Å². The zero-order valence-corrected chi connectivity index (χ0v) is 9.19. The second-order valence-electron chi connectivity index (χ2n) is 5.03. The van der Waals surface area contributed by atoms with Gasteiger partial charge in [0.2, 0.25) is 0 Å². The lowest BCUT2D eigenvalue weighted by Crippen LogP contribution is -2.60. The lowest BCUT2D eigenvalue weighted by molar-refractivity contribution is 0.121. The van der Waals surface area contributed by atoms with Gasteiger partial charge in [0.1, 0.15) is 0 Å². The maximum Gasteiger partial charge on any atom is 0.0632 e. The van der Waals surface area contributed by atoms with Gasteiger partial charge in [-0.05, 0) is 12.8 Å². The molecule has 0 aromatic rings. The standard InChI is InChI=1S/C12H20N2/c1-5-6-12(13)9(3)14-10-8(2)7-11(10,12)4/h10,14H,2-3,5-7,13H2,1,4H3/t10?,11-,12-/m1/s1. The minimum Gasteiger partial charge on any atom is -0.380 e. The molecule has 0 amide bonds. The molecule has 3 atom stereocenters. The van der Waals surface area contributed by atoms with E-state index < -0.39 is 0 Å². The third kappa shape index (κ3) is 0.850. The first-order valence-electron chi connectivity index (χ1n) is 5.38. The fourth-order valence-corrected chi connectivity index (χ4v) is 3.15. The summed E-state index contributed by atoms with van der Waals surface area (Å²) in [7, 11) is 0. The van der Waals surface area contributed by atoms with Crippen LogP contribution >= 0.6 is 0 Å². The van der Waals surface area contributed by atoms with Crippen LogP contribution < -0.4 is 11.1 Å². The average Bonchev–Trinajstić information content (AvgIpc) is 2.26. The van der Waals surface area contributed by atoms with Crippen molar-refractivity contribution >= 4 is 0 Å². The highest BCUT2D eigenvalue weighted by atomic mass is 15.1. The molecule has 78 valence electrons. The third-order valence-electron chi connectivity index (χ3n) is 4.16. The molecule has 0 radical (unpaired) electrons. The summed E-state index contributed by atoms with van der Waals surface area (Å²) in [6, 6.07) is 0.367. The van der Waals surface area contributed by atoms with Crippen LogP contribution in [0.25, 0.3) is 0 Å². The second-order valence-corrected chi connectivity index (χ2v) is 5.03. The Bertz CT molecular complexity index is 307. The van der Waals surface area contributed by atoms with E-state index in [1.807, 2.05) is 0 Å². The smallest absolute Gasteiger partial charge is 0.0632 e. The lowest BCUT2D eigenvalue weighted by atomic mass is 9.55. The quantitative estimate of drug-likeness (QED) is 0.656. The molecular weight excluding hydrogens is 172 g/mol. The van der Waals surface area contributed by atoms with Crippen molar-refractivity contribution in [2.45, 2.75) is 44.7 Å². The summed E-state index contributed by atoms with van der Waals surface area (Å²) in [6.45, 7) is 12.5. The van der Waals surface area contributed by atoms with Crippen molar-refractivity contribution in [1.82, 2.24) is 5.32 Å². The molecule has 1 aliphatic heterocycles. The Morgan fingerprint density at radius 3 is 2.64 bits per heavy atom. The van der Waals surface area contributed by atoms with Crippen molar-refractivity contribution in [1.29, 1.82) is 0 Å². The molecule has 1 saturated carbocycles. The van der Waals surface area contributed by atoms with Crippen LogP contribution in [0.4, 0.5) is 0 Å². The average molecular weight is 192 g/mol. The fourth-order valence-electron chi connectivity index (χ4n) is 3.15. The number of hydrogen-bond donors (Lipinski definition) is 2. The van der Waals surface area contributed by atoms with Crippen molar-refractivity contribution < 1.29 is 0 Å². The van der Waals surface area contributed by atoms with Gasteiger partial charge in [-0.25, -0.2) is 0 Å². The molecule has 0 spiro atoms. The second kappa shape index (κ2) is 2.63. The molecule has 1 saturated heterocycles. The first kappa shape index (κ1) is 9.78. The summed E-state index contributed by atoms with van der Waals surface area (Å²) in [5.41, 5.74) is 8.69. The van der Waals surface area contributed by atoms with Crippen LogP contribution in [0, 0.1) is 5.41 Å². The van der Waals surface area contributed by atoms with E-state index in [0.29, 0.717) is 6.04 Å². The van der Waals surface area contributed by atoms with Gasteiger partial charge in [0.15, 0.2) is 0 Å². The predicted octanol–water partition coefficient (Wildman–Crippen LogP) is 1.94. The number of nitrogens with one attached hydrogen (secondary N) is 1. The van der Waals surface area contributed by atoms with E-state index in [1.165, 1.54) is 5.57 Å². The molecule has 14 heavy (non-hydrogen) atoms. The lowest BCUT2D eigenvalue weighted by Gasteiger charge is -2.51. The number of rotatable bonds is 2. The highest BCUT2D eigenvalue weighted by Crippen LogP contribution is 2.58. The summed E-state index contributed by atoms with van der Waals surface area (Å²) in [5, 5.41) is 3.40. The molecule has 1 aliphatic carbocycles. The highest BCUT2D eigenvalue weighted by molar-refractivity contribution is 5.43. The Kier molecular flexibility index (Phi) is 1.84. The Morgan fingerprint density at radius 1 is 1.57 bits per heavy atom. The molecule has 2 aliphatic rings. The van der Waals surface area contributed by atoms with E-state index in [4.69, 9.17) is 5.73 Å². The van der Waals surface area contributed by atoms with E-state index in [-0.39, 0.29) is 11.0 Å². The first-order chi connectivity index (χ1) is 6.45. The first-order valence-corrected chi connectivity index (χ1v) is 5.38. The van der Waals surface area contributed by atoms with Gasteiger partial charge in [0.05, 0.1) is 11.6 Å². The Morgan fingerprint density at radius 2 is 2.21 bits per heavy atom. The van der Waals surface area contributed by atoms with Crippen LogP contribution in [0.3, 0.4) is 0 Å². The van der Waals surface area contributed by atoms with Gasteiger partial charge in [-0.2, -0.15) is 0 Å². The van der Waals surface area contributed by atoms with Crippen molar-refractivity contribution in [3.05, 3.63) is 24.4 Å². The molecule has 2 rings (SSSR count). The third-order valence-corrected chi connectivity index (χ3v) is 4.16. The molecule has 2 fully saturated rings. The Balaban J connectivity index is 2.34. The van der Waals surface area contributed by atoms with E-state index in [0.717, 1.165) is 25.0 Å². The summed E-state index contributed by atoms with van der Waals surface area (Å²) < 4.78 is 0. The van der Waals surface area contributed by atoms with Crippen LogP contribution in [0.15, 0.2) is 24.4 Å². The van der Waals surface area contributed by atoms with Crippen molar-refractivity contribution in [3.8, 4) is 0 Å². The van der Waals surface area contributed by atoms with Gasteiger partial charge >= 0.3 is 0 Å². The van der Waals surface area contributed by atoms with E-state index >= 15 is 0 Å². The zero-order chi connectivity index (χ0) is 10.6. The van der Waals surface area contributed by atoms with Gasteiger partial charge < -0.3 is 11.1 Å². The minimum atomic E-state index is -0.229. The summed E-state index contributed by atoms with van der Waals surface area (Å²) in [5.74, 6) is 0. The molecule has 2 nitrogen and oxygen atoms in total. The van der Waals surface area contributed by atoms with Gasteiger partial charge in [-0.3, -0.25) is 0 Å². The SMILES string of the molecule is C=C1C[C@]2(C)C1NC(=C)[C@]2(N)CCC. The van der Waals surface area contributed by atoms with Crippen LogP contribution in [-0.2, 0) is 0 Å². The molecule has 1 unspecified atom stereocenters. The maximum atomic E-state index is 6.49. The minimum absolute atomic E-state index is 0.150. The number of hydrogen-bond acceptors (Lipinski definition) is 2. The molecule has 0 bridgehead atoms. The van der Waals surface area contributed by atoms with E-state index in [9.17, 15) is 0 Å². The van der Waals surface area contributed by atoms with Crippen LogP contribution in [0.1, 0.15) is 33.1 Å². The number of fused-ring (bicyclic) bond motifs is 1. The monoisotopic (exact) mass is 192 g/mol. The van der Waals surface area contributed by atoms with Crippen molar-refractivity contribution in [2.75, 3.05) is 0 Å². The van der Waals surface area contributed by atoms with Crippen LogP contribution in [-0.4, -0.2) is 11.6 Å². The molecule has 1 heterocycles. The van der Waals surface area contributed by atoms with Crippen molar-refractivity contribution in [3.63, 3.8) is 0 Å². The van der Waals surface area contributed by atoms with Gasteiger partial charge in [0.25, 0.3) is 0 Å². The summed E-state index contributed by atoms with van der Waals surface area (Å²) in [6.07, 6.45) is 3.16. The number of nitrogens with two attached hydrogens (primary N) is 1. The van der Waals surface area contributed by atoms with Crippen molar-refractivity contribution in [2.24, 2.45) is 11.1 Å². The van der Waals surface area contributed by atoms with Gasteiger partial charge in [0, 0.05) is 11.1 Å². The van der Waals surface area contributed by atoms with Gasteiger partial charge in [-0.15, -0.1) is 0 Å². The predicted molar refractivity (Wildman–Crippen MR) is 59.8 cm³/mol. The van der Waals surface area contributed by atoms with Crippen LogP contribution in [0.2, 0.25) is 0 Å². The Labute approximate surface area is 86.3 Å². The summed E-state index contributed by atoms with van der Waals surface area (Å²) in [4.78, 5) is 0. The highest BCUT2D eigenvalue weighted by Gasteiger charge is 2.63. The summed E-state index contributed by atoms with van der Waals surface area (Å²) >= 11 is 0. The molecule has 3 N–H and O–H groups in total.